The maximum atomic E-state index is 14.9. The van der Waals surface area contributed by atoms with Gasteiger partial charge in [0.05, 0.1) is 25.3 Å². The molecule has 1 aliphatic carbocycles. The molecule has 0 unspecified atom stereocenters. The Morgan fingerprint density at radius 2 is 1.87 bits per heavy atom. The number of aliphatic hydroxyl groups is 1. The number of amides is 3. The number of hydrogen-bond acceptors (Lipinski definition) is 6. The number of benzene rings is 2. The van der Waals surface area contributed by atoms with Crippen LogP contribution in [0.1, 0.15) is 39.6 Å². The van der Waals surface area contributed by atoms with E-state index in [9.17, 15) is 37.1 Å². The molecule has 45 heavy (non-hydrogen) atoms. The highest BCUT2D eigenvalue weighted by atomic mass is 19.3. The second-order valence-electron chi connectivity index (χ2n) is 10.8. The van der Waals surface area contributed by atoms with Crippen LogP contribution in [0.5, 0.6) is 0 Å². The number of aromatic amines is 1. The normalized spacial score (nSPS) is 18.9. The third-order valence-corrected chi connectivity index (χ3v) is 8.07. The number of fused-ring (bicyclic) bond motifs is 4. The minimum Gasteiger partial charge on any atom is -0.394 e. The summed E-state index contributed by atoms with van der Waals surface area (Å²) >= 11 is 0. The van der Waals surface area contributed by atoms with Gasteiger partial charge in [0, 0.05) is 58.6 Å². The Hall–Kier alpha value is -4.82. The number of aromatic nitrogens is 2. The van der Waals surface area contributed by atoms with Gasteiger partial charge in [0.15, 0.2) is 0 Å². The Labute approximate surface area is 253 Å². The summed E-state index contributed by atoms with van der Waals surface area (Å²) in [6, 6.07) is 11.0. The first-order valence-electron chi connectivity index (χ1n) is 14.0. The Morgan fingerprint density at radius 3 is 2.62 bits per heavy atom. The maximum Gasteiger partial charge on any atom is 0.345 e. The van der Waals surface area contributed by atoms with Crippen LogP contribution < -0.4 is 10.6 Å². The van der Waals surface area contributed by atoms with Crippen LogP contribution in [0, 0.1) is 0 Å². The predicted molar refractivity (Wildman–Crippen MR) is 152 cm³/mol. The lowest BCUT2D eigenvalue weighted by Crippen LogP contribution is -2.50. The molecule has 3 heterocycles. The number of halogens is 4. The Kier molecular flexibility index (Phi) is 8.01. The van der Waals surface area contributed by atoms with Crippen molar-refractivity contribution in [1.29, 1.82) is 0 Å². The van der Waals surface area contributed by atoms with Crippen LogP contribution in [0.15, 0.2) is 67.0 Å². The number of ether oxygens (including phenoxy) is 1. The van der Waals surface area contributed by atoms with Gasteiger partial charge in [-0.15, -0.1) is 0 Å². The summed E-state index contributed by atoms with van der Waals surface area (Å²) in [7, 11) is 0. The molecule has 1 saturated heterocycles. The van der Waals surface area contributed by atoms with E-state index in [2.05, 4.69) is 25.3 Å². The molecule has 10 nitrogen and oxygen atoms in total. The van der Waals surface area contributed by atoms with Crippen LogP contribution in [-0.2, 0) is 20.2 Å². The van der Waals surface area contributed by atoms with Gasteiger partial charge in [0.2, 0.25) is 11.8 Å². The van der Waals surface area contributed by atoms with Gasteiger partial charge in [0.1, 0.15) is 6.04 Å². The van der Waals surface area contributed by atoms with Crippen molar-refractivity contribution in [3.05, 3.63) is 89.4 Å². The van der Waals surface area contributed by atoms with Gasteiger partial charge < -0.3 is 30.4 Å². The number of hydrogen-bond donors (Lipinski definition) is 4. The fourth-order valence-corrected chi connectivity index (χ4v) is 5.92. The quantitative estimate of drug-likeness (QED) is 0.211. The predicted octanol–water partition coefficient (Wildman–Crippen LogP) is 3.47. The van der Waals surface area contributed by atoms with E-state index in [0.717, 1.165) is 10.3 Å². The van der Waals surface area contributed by atoms with Crippen LogP contribution in [0.2, 0.25) is 0 Å². The van der Waals surface area contributed by atoms with Crippen molar-refractivity contribution in [2.45, 2.75) is 37.1 Å². The van der Waals surface area contributed by atoms with Crippen LogP contribution in [0.3, 0.4) is 0 Å². The van der Waals surface area contributed by atoms with E-state index in [0.29, 0.717) is 16.8 Å². The van der Waals surface area contributed by atoms with Gasteiger partial charge in [-0.05, 0) is 35.4 Å². The molecular weight excluding hydrogens is 598 g/mol. The highest BCUT2D eigenvalue weighted by Crippen LogP contribution is 2.50. The van der Waals surface area contributed by atoms with Crippen LogP contribution >= 0.6 is 0 Å². The summed E-state index contributed by atoms with van der Waals surface area (Å²) < 4.78 is 60.4. The number of nitrogens with zero attached hydrogens (tertiary/aromatic N) is 2. The number of alkyl halides is 4. The molecule has 0 bridgehead atoms. The Bertz CT molecular complexity index is 1750. The van der Waals surface area contributed by atoms with E-state index in [1.54, 1.807) is 30.6 Å². The third-order valence-electron chi connectivity index (χ3n) is 8.07. The van der Waals surface area contributed by atoms with Gasteiger partial charge in [-0.25, -0.2) is 0 Å². The smallest absolute Gasteiger partial charge is 0.345 e. The van der Waals surface area contributed by atoms with Gasteiger partial charge in [-0.2, -0.15) is 17.6 Å². The van der Waals surface area contributed by atoms with Crippen LogP contribution in [-0.4, -0.2) is 76.1 Å². The molecule has 2 aromatic carbocycles. The van der Waals surface area contributed by atoms with E-state index in [-0.39, 0.29) is 35.2 Å². The number of aliphatic hydroxyl groups excluding tert-OH is 1. The van der Waals surface area contributed by atoms with Crippen LogP contribution in [0.25, 0.3) is 22.0 Å². The molecule has 6 rings (SSSR count). The fourth-order valence-electron chi connectivity index (χ4n) is 5.92. The topological polar surface area (TPSA) is 137 Å². The molecule has 4 N–H and O–H groups in total. The fraction of sp³-hybridized carbons (Fsp3) is 0.290. The molecule has 2 aromatic heterocycles. The average molecular weight is 626 g/mol. The van der Waals surface area contributed by atoms with Crippen molar-refractivity contribution < 1.29 is 41.8 Å². The molecular formula is C31H27F4N5O5. The van der Waals surface area contributed by atoms with Crippen molar-refractivity contribution in [3.63, 3.8) is 0 Å². The van der Waals surface area contributed by atoms with E-state index in [4.69, 9.17) is 0 Å². The van der Waals surface area contributed by atoms with Gasteiger partial charge in [-0.1, -0.05) is 30.3 Å². The molecule has 234 valence electrons. The van der Waals surface area contributed by atoms with Crippen molar-refractivity contribution in [2.75, 3.05) is 19.7 Å². The lowest BCUT2D eigenvalue weighted by atomic mass is 10.0. The summed E-state index contributed by atoms with van der Waals surface area (Å²) in [5.41, 5.74) is 1.30. The maximum absolute atomic E-state index is 14.9. The number of likely N-dealkylation sites (tertiary alicyclic amines) is 1. The Morgan fingerprint density at radius 1 is 1.09 bits per heavy atom. The highest BCUT2D eigenvalue weighted by molar-refractivity contribution is 5.99. The van der Waals surface area contributed by atoms with E-state index in [1.807, 2.05) is 0 Å². The second kappa shape index (κ2) is 11.9. The standard InChI is InChI=1S/C31H27F4N5O5/c32-30(33)45-18-11-26(29(44)39-25(15-41)24-10-17-12-36-8-7-23(17)38-24)40(14-18)27(42)13-37-28(43)16-5-6-22-20(9-16)19-3-1-2-4-21(19)31(22,34)35/h1-10,12,18,25-26,30,38,41H,11,13-15H2,(H,37,43)(H,39,44)/t18-,25+,26+/m1/s1. The largest absolute Gasteiger partial charge is 0.394 e. The molecule has 1 aliphatic heterocycles. The molecule has 14 heteroatoms. The molecule has 0 saturated carbocycles. The van der Waals surface area contributed by atoms with Crippen molar-refractivity contribution >= 4 is 28.6 Å². The zero-order valence-corrected chi connectivity index (χ0v) is 23.5. The number of nitrogens with one attached hydrogen (secondary N) is 3. The average Bonchev–Trinajstić information content (AvgIpc) is 3.71. The van der Waals surface area contributed by atoms with Crippen molar-refractivity contribution in [3.8, 4) is 11.1 Å². The van der Waals surface area contributed by atoms with Crippen molar-refractivity contribution in [1.82, 2.24) is 25.5 Å². The monoisotopic (exact) mass is 625 g/mol. The number of carbonyl (C=O) groups is 3. The minimum atomic E-state index is -3.22. The second-order valence-corrected chi connectivity index (χ2v) is 10.8. The van der Waals surface area contributed by atoms with E-state index >= 15 is 0 Å². The zero-order chi connectivity index (χ0) is 31.9. The SMILES string of the molecule is O=C(NCC(=O)N1C[C@H](OC(F)F)C[C@H]1C(=O)N[C@@H](CO)c1cc2cnccc2[nH]1)c1ccc2c(c1)-c1ccccc1C2(F)F. The zero-order valence-electron chi connectivity index (χ0n) is 23.5. The van der Waals surface area contributed by atoms with Gasteiger partial charge in [-0.3, -0.25) is 19.4 Å². The van der Waals surface area contributed by atoms with Gasteiger partial charge >= 0.3 is 6.61 Å². The lowest BCUT2D eigenvalue weighted by Gasteiger charge is -2.25. The summed E-state index contributed by atoms with van der Waals surface area (Å²) in [4.78, 5) is 47.7. The van der Waals surface area contributed by atoms with Crippen molar-refractivity contribution in [2.24, 2.45) is 0 Å². The highest BCUT2D eigenvalue weighted by Gasteiger charge is 2.44. The Balaban J connectivity index is 1.15. The minimum absolute atomic E-state index is 0.0306. The van der Waals surface area contributed by atoms with E-state index < -0.39 is 61.6 Å². The number of rotatable bonds is 9. The third kappa shape index (κ3) is 5.73. The summed E-state index contributed by atoms with van der Waals surface area (Å²) in [5.74, 6) is -5.42. The number of pyridine rings is 1. The molecule has 4 aromatic rings. The lowest BCUT2D eigenvalue weighted by molar-refractivity contribution is -0.160. The summed E-state index contributed by atoms with van der Waals surface area (Å²) in [6.45, 7) is -4.59. The van der Waals surface area contributed by atoms with Gasteiger partial charge in [0.25, 0.3) is 11.8 Å². The first kappa shape index (κ1) is 30.2. The molecule has 1 fully saturated rings. The first-order chi connectivity index (χ1) is 21.6. The number of H-pyrrole nitrogens is 1. The number of carbonyl (C=O) groups excluding carboxylic acids is 3. The molecule has 3 amide bonds. The van der Waals surface area contributed by atoms with E-state index in [1.165, 1.54) is 36.4 Å². The summed E-state index contributed by atoms with van der Waals surface area (Å²) in [5, 5.41) is 15.8. The summed E-state index contributed by atoms with van der Waals surface area (Å²) in [6.07, 6.45) is 1.76. The molecule has 0 radical (unpaired) electrons. The first-order valence-corrected chi connectivity index (χ1v) is 14.0. The molecule has 3 atom stereocenters. The molecule has 2 aliphatic rings. The molecule has 0 spiro atoms. The van der Waals surface area contributed by atoms with Crippen LogP contribution in [0.4, 0.5) is 17.6 Å².